The fraction of sp³-hybridized carbons (Fsp3) is 0.125. The zero-order chi connectivity index (χ0) is 26.1. The summed E-state index contributed by atoms with van der Waals surface area (Å²) in [6, 6.07) is 12.2. The van der Waals surface area contributed by atoms with E-state index in [9.17, 15) is 30.6 Å². The van der Waals surface area contributed by atoms with Crippen molar-refractivity contribution < 1.29 is 30.6 Å². The molecule has 0 spiro atoms. The lowest BCUT2D eigenvalue weighted by molar-refractivity contribution is 0.450. The molecule has 0 fully saturated rings. The molecule has 0 aliphatic carbocycles. The molecule has 6 N–H and O–H groups in total. The number of anilines is 6. The number of phenolic OH excluding ortho intramolecular Hbond substituents is 6. The topological polar surface area (TPSA) is 170 Å². The summed E-state index contributed by atoms with van der Waals surface area (Å²) >= 11 is 0. The summed E-state index contributed by atoms with van der Waals surface area (Å²) in [6.45, 7) is 0. The summed E-state index contributed by atoms with van der Waals surface area (Å²) in [6.07, 6.45) is 0. The third-order valence-corrected chi connectivity index (χ3v) is 5.46. The van der Waals surface area contributed by atoms with Gasteiger partial charge in [0, 0.05) is 39.3 Å². The number of hydrogen-bond donors (Lipinski definition) is 6. The second kappa shape index (κ2) is 9.25. The highest BCUT2D eigenvalue weighted by Crippen LogP contribution is 2.38. The normalized spacial score (nSPS) is 10.8. The van der Waals surface area contributed by atoms with Crippen LogP contribution in [0, 0.1) is 0 Å². The molecule has 4 aromatic rings. The molecular weight excluding hydrogens is 468 g/mol. The van der Waals surface area contributed by atoms with Crippen molar-refractivity contribution in [3.63, 3.8) is 0 Å². The van der Waals surface area contributed by atoms with Crippen molar-refractivity contribution in [2.75, 3.05) is 35.8 Å². The van der Waals surface area contributed by atoms with Gasteiger partial charge in [0.1, 0.15) is 34.5 Å². The first-order chi connectivity index (χ1) is 17.0. The molecule has 186 valence electrons. The Balaban J connectivity index is 1.86. The number of nitrogens with zero attached hydrogens (tertiary/aromatic N) is 6. The van der Waals surface area contributed by atoms with Crippen molar-refractivity contribution in [1.82, 2.24) is 15.0 Å². The molecular formula is C24H24N6O6. The van der Waals surface area contributed by atoms with Gasteiger partial charge in [0.15, 0.2) is 0 Å². The lowest BCUT2D eigenvalue weighted by atomic mass is 10.2. The van der Waals surface area contributed by atoms with Crippen LogP contribution in [-0.4, -0.2) is 66.7 Å². The average molecular weight is 492 g/mol. The van der Waals surface area contributed by atoms with E-state index in [1.165, 1.54) is 69.3 Å². The molecule has 1 heterocycles. The number of aromatic hydroxyl groups is 6. The highest BCUT2D eigenvalue weighted by Gasteiger charge is 2.22. The van der Waals surface area contributed by atoms with Gasteiger partial charge >= 0.3 is 0 Å². The summed E-state index contributed by atoms with van der Waals surface area (Å²) in [4.78, 5) is 17.8. The van der Waals surface area contributed by atoms with Gasteiger partial charge in [-0.05, 0) is 36.4 Å². The van der Waals surface area contributed by atoms with E-state index in [1.54, 1.807) is 21.1 Å². The van der Waals surface area contributed by atoms with Crippen LogP contribution in [0.1, 0.15) is 0 Å². The van der Waals surface area contributed by atoms with Gasteiger partial charge in [-0.15, -0.1) is 0 Å². The molecule has 0 saturated carbocycles. The standard InChI is InChI=1S/C24H24N6O6/c1-28(16-7-4-13(31)10-19(16)34)22-25-23(29(2)17-8-5-14(32)11-20(17)35)27-24(26-22)30(3)18-9-6-15(33)12-21(18)36/h4-12,31-36H,1-3H3. The highest BCUT2D eigenvalue weighted by atomic mass is 16.3. The van der Waals surface area contributed by atoms with Crippen molar-refractivity contribution in [2.24, 2.45) is 0 Å². The van der Waals surface area contributed by atoms with Crippen molar-refractivity contribution in [3.05, 3.63) is 54.6 Å². The van der Waals surface area contributed by atoms with Gasteiger partial charge in [-0.3, -0.25) is 0 Å². The Hall–Kier alpha value is -5.13. The number of benzene rings is 3. The van der Waals surface area contributed by atoms with Gasteiger partial charge in [-0.1, -0.05) is 0 Å². The zero-order valence-electron chi connectivity index (χ0n) is 19.6. The van der Waals surface area contributed by atoms with Gasteiger partial charge in [0.2, 0.25) is 17.8 Å². The Bertz CT molecular complexity index is 1250. The minimum Gasteiger partial charge on any atom is -0.508 e. The van der Waals surface area contributed by atoms with Crippen LogP contribution in [0.15, 0.2) is 54.6 Å². The van der Waals surface area contributed by atoms with Crippen LogP contribution >= 0.6 is 0 Å². The summed E-state index contributed by atoms with van der Waals surface area (Å²) in [5.41, 5.74) is 0.878. The molecule has 0 aliphatic rings. The number of aromatic nitrogens is 3. The first-order valence-corrected chi connectivity index (χ1v) is 10.6. The molecule has 36 heavy (non-hydrogen) atoms. The Labute approximate surface area is 205 Å². The van der Waals surface area contributed by atoms with Gasteiger partial charge in [0.05, 0.1) is 17.1 Å². The maximum absolute atomic E-state index is 10.4. The van der Waals surface area contributed by atoms with Crippen molar-refractivity contribution in [1.29, 1.82) is 0 Å². The van der Waals surface area contributed by atoms with Crippen LogP contribution < -0.4 is 14.7 Å². The number of phenols is 6. The zero-order valence-corrected chi connectivity index (χ0v) is 19.6. The van der Waals surface area contributed by atoms with E-state index in [-0.39, 0.29) is 52.3 Å². The maximum Gasteiger partial charge on any atom is 0.236 e. The van der Waals surface area contributed by atoms with E-state index < -0.39 is 0 Å². The minimum atomic E-state index is -0.213. The molecule has 1 aromatic heterocycles. The molecule has 0 bridgehead atoms. The fourth-order valence-corrected chi connectivity index (χ4v) is 3.50. The van der Waals surface area contributed by atoms with E-state index in [0.717, 1.165) is 0 Å². The average Bonchev–Trinajstić information content (AvgIpc) is 2.82. The summed E-state index contributed by atoms with van der Waals surface area (Å²) in [5, 5.41) is 60.0. The monoisotopic (exact) mass is 492 g/mol. The Kier molecular flexibility index (Phi) is 6.17. The molecule has 12 heteroatoms. The molecule has 0 saturated heterocycles. The van der Waals surface area contributed by atoms with Gasteiger partial charge in [-0.2, -0.15) is 15.0 Å². The Morgan fingerprint density at radius 3 is 0.917 bits per heavy atom. The number of hydrogen-bond acceptors (Lipinski definition) is 12. The second-order valence-electron chi connectivity index (χ2n) is 7.93. The van der Waals surface area contributed by atoms with Crippen LogP contribution in [0.4, 0.5) is 34.9 Å². The molecule has 3 aromatic carbocycles. The summed E-state index contributed by atoms with van der Waals surface area (Å²) < 4.78 is 0. The van der Waals surface area contributed by atoms with Gasteiger partial charge in [0.25, 0.3) is 0 Å². The number of rotatable bonds is 6. The van der Waals surface area contributed by atoms with Crippen LogP contribution in [0.5, 0.6) is 34.5 Å². The largest absolute Gasteiger partial charge is 0.508 e. The Morgan fingerprint density at radius 1 is 0.444 bits per heavy atom. The van der Waals surface area contributed by atoms with E-state index in [0.29, 0.717) is 17.1 Å². The van der Waals surface area contributed by atoms with Crippen LogP contribution in [-0.2, 0) is 0 Å². The van der Waals surface area contributed by atoms with E-state index in [1.807, 2.05) is 0 Å². The van der Waals surface area contributed by atoms with Gasteiger partial charge < -0.3 is 45.3 Å². The minimum absolute atomic E-state index is 0.0891. The van der Waals surface area contributed by atoms with Crippen LogP contribution in [0.2, 0.25) is 0 Å². The molecule has 0 aliphatic heterocycles. The van der Waals surface area contributed by atoms with Crippen LogP contribution in [0.3, 0.4) is 0 Å². The molecule has 12 nitrogen and oxygen atoms in total. The predicted octanol–water partition coefficient (Wildman–Crippen LogP) is 3.41. The lowest BCUT2D eigenvalue weighted by Crippen LogP contribution is -2.22. The van der Waals surface area contributed by atoms with E-state index in [2.05, 4.69) is 15.0 Å². The van der Waals surface area contributed by atoms with Crippen molar-refractivity contribution in [2.45, 2.75) is 0 Å². The van der Waals surface area contributed by atoms with E-state index in [4.69, 9.17) is 0 Å². The smallest absolute Gasteiger partial charge is 0.236 e. The van der Waals surface area contributed by atoms with E-state index >= 15 is 0 Å². The second-order valence-corrected chi connectivity index (χ2v) is 7.93. The Morgan fingerprint density at radius 2 is 0.694 bits per heavy atom. The summed E-state index contributed by atoms with van der Waals surface area (Å²) in [5.74, 6) is -0.728. The van der Waals surface area contributed by atoms with Gasteiger partial charge in [-0.25, -0.2) is 0 Å². The predicted molar refractivity (Wildman–Crippen MR) is 133 cm³/mol. The maximum atomic E-state index is 10.4. The molecule has 0 atom stereocenters. The quantitative estimate of drug-likeness (QED) is 0.232. The molecule has 0 unspecified atom stereocenters. The third kappa shape index (κ3) is 4.59. The highest BCUT2D eigenvalue weighted by molar-refractivity contribution is 5.72. The van der Waals surface area contributed by atoms with Crippen molar-refractivity contribution in [3.8, 4) is 34.5 Å². The third-order valence-electron chi connectivity index (χ3n) is 5.46. The first kappa shape index (κ1) is 24.0. The van der Waals surface area contributed by atoms with Crippen molar-refractivity contribution >= 4 is 34.9 Å². The molecule has 0 radical (unpaired) electrons. The summed E-state index contributed by atoms with van der Waals surface area (Å²) in [7, 11) is 4.81. The molecule has 0 amide bonds. The molecule has 4 rings (SSSR count). The first-order valence-electron chi connectivity index (χ1n) is 10.6. The van der Waals surface area contributed by atoms with Crippen LogP contribution in [0.25, 0.3) is 0 Å². The fourth-order valence-electron chi connectivity index (χ4n) is 3.50. The lowest BCUT2D eigenvalue weighted by Gasteiger charge is -2.25. The SMILES string of the molecule is CN(c1nc(N(C)c2ccc(O)cc2O)nc(N(C)c2ccc(O)cc2O)n1)c1ccc(O)cc1O.